The molecule has 0 saturated carbocycles. The van der Waals surface area contributed by atoms with Gasteiger partial charge in [-0.1, -0.05) is 40.2 Å². The van der Waals surface area contributed by atoms with E-state index in [4.69, 9.17) is 9.47 Å². The van der Waals surface area contributed by atoms with E-state index < -0.39 is 13.9 Å². The second-order valence-electron chi connectivity index (χ2n) is 13.0. The minimum atomic E-state index is -2.83. The maximum absolute atomic E-state index is 14.7. The fourth-order valence-electron chi connectivity index (χ4n) is 7.23. The van der Waals surface area contributed by atoms with Crippen LogP contribution in [0.5, 0.6) is 5.75 Å². The van der Waals surface area contributed by atoms with Gasteiger partial charge in [-0.05, 0) is 79.7 Å². The molecule has 0 radical (unpaired) electrons. The summed E-state index contributed by atoms with van der Waals surface area (Å²) in [5.41, 5.74) is 2.81. The topological polar surface area (TPSA) is 139 Å². The van der Waals surface area contributed by atoms with E-state index in [-0.39, 0.29) is 36.0 Å². The molecule has 2 aliphatic heterocycles. The first-order valence-electron chi connectivity index (χ1n) is 16.0. The van der Waals surface area contributed by atoms with E-state index in [2.05, 4.69) is 31.6 Å². The van der Waals surface area contributed by atoms with Gasteiger partial charge in [0.25, 0.3) is 11.8 Å². The molecule has 48 heavy (non-hydrogen) atoms. The highest BCUT2D eigenvalue weighted by atomic mass is 79.9. The molecule has 1 saturated heterocycles. The number of methoxy groups -OCH3 is 1. The number of nitrogens with zero attached hydrogens (tertiary/aromatic N) is 4. The average Bonchev–Trinajstić information content (AvgIpc) is 3.70. The van der Waals surface area contributed by atoms with Crippen molar-refractivity contribution in [2.75, 3.05) is 23.9 Å². The van der Waals surface area contributed by atoms with Crippen LogP contribution in [0.2, 0.25) is 18.6 Å². The van der Waals surface area contributed by atoms with E-state index in [1.54, 1.807) is 41.0 Å². The SMILES string of the molecule is COc1ccc(C(=O)Nc2ccc(CN3C(=O)[C@@]4(O[C@@H](CCn5cc(CCO)nn5)[C@H]([Si](C)(C)O)[C@H]4C)c4cc(Br)ccc43)cc2)cc1. The Labute approximate surface area is 289 Å². The highest BCUT2D eigenvalue weighted by Crippen LogP contribution is 2.60. The zero-order chi connectivity index (χ0) is 34.2. The zero-order valence-electron chi connectivity index (χ0n) is 27.4. The normalized spacial score (nSPS) is 21.9. The third-order valence-electron chi connectivity index (χ3n) is 9.45. The molecule has 6 rings (SSSR count). The van der Waals surface area contributed by atoms with Gasteiger partial charge in [-0.3, -0.25) is 14.3 Å². The summed E-state index contributed by atoms with van der Waals surface area (Å²) in [5.74, 6) is -0.00986. The molecule has 2 amide bonds. The lowest BCUT2D eigenvalue weighted by Crippen LogP contribution is -2.46. The molecule has 13 heteroatoms. The number of aliphatic hydroxyl groups excluding tert-OH is 1. The largest absolute Gasteiger partial charge is 0.497 e. The van der Waals surface area contributed by atoms with E-state index in [9.17, 15) is 19.5 Å². The van der Waals surface area contributed by atoms with Gasteiger partial charge in [0.1, 0.15) is 5.75 Å². The lowest BCUT2D eigenvalue weighted by molar-refractivity contribution is -0.146. The third-order valence-corrected chi connectivity index (χ3v) is 12.4. The number of hydrogen-bond acceptors (Lipinski definition) is 8. The molecule has 1 spiro atoms. The van der Waals surface area contributed by atoms with Crippen LogP contribution in [-0.2, 0) is 34.6 Å². The lowest BCUT2D eigenvalue weighted by Gasteiger charge is -2.32. The number of aromatic nitrogens is 3. The second kappa shape index (κ2) is 13.6. The first-order valence-corrected chi connectivity index (χ1v) is 19.8. The number of hydrogen-bond donors (Lipinski definition) is 3. The third kappa shape index (κ3) is 6.44. The number of ether oxygens (including phenoxy) is 2. The molecule has 0 bridgehead atoms. The molecular weight excluding hydrogens is 694 g/mol. The molecule has 0 unspecified atom stereocenters. The summed E-state index contributed by atoms with van der Waals surface area (Å²) >= 11 is 3.62. The maximum Gasteiger partial charge on any atom is 0.264 e. The number of carbonyl (C=O) groups excluding carboxylic acids is 2. The Bertz CT molecular complexity index is 1790. The molecule has 1 fully saturated rings. The molecular formula is C35H40BrN5O6Si. The minimum Gasteiger partial charge on any atom is -0.497 e. The van der Waals surface area contributed by atoms with Crippen LogP contribution in [0.25, 0.3) is 0 Å². The molecule has 3 N–H and O–H groups in total. The monoisotopic (exact) mass is 733 g/mol. The second-order valence-corrected chi connectivity index (χ2v) is 17.9. The summed E-state index contributed by atoms with van der Waals surface area (Å²) < 4.78 is 14.7. The molecule has 0 aliphatic carbocycles. The van der Waals surface area contributed by atoms with Gasteiger partial charge in [-0.2, -0.15) is 0 Å². The number of amides is 2. The van der Waals surface area contributed by atoms with Crippen LogP contribution in [-0.4, -0.2) is 64.8 Å². The fraction of sp³-hybridized carbons (Fsp3) is 0.371. The van der Waals surface area contributed by atoms with Gasteiger partial charge in [-0.15, -0.1) is 5.10 Å². The highest BCUT2D eigenvalue weighted by Gasteiger charge is 2.66. The van der Waals surface area contributed by atoms with Gasteiger partial charge in [0, 0.05) is 58.5 Å². The van der Waals surface area contributed by atoms with Gasteiger partial charge < -0.3 is 29.6 Å². The number of fused-ring (bicyclic) bond motifs is 2. The standard InChI is InChI=1S/C35H40BrN5O6Si/c1-22-32(48(3,4)45)31(15-17-40-21-27(16-18-42)38-39-40)47-35(22)29-19-25(36)9-14-30(29)41(34(35)44)20-23-5-10-26(11-6-23)37-33(43)24-7-12-28(46-2)13-8-24/h5-14,19,21-22,31-32,42,45H,15-18,20H2,1-4H3,(H,37,43)/t22-,31+,32-,35+/m1/s1. The van der Waals surface area contributed by atoms with Crippen molar-refractivity contribution in [3.05, 3.63) is 99.8 Å². The number of rotatable bonds is 11. The van der Waals surface area contributed by atoms with Crippen molar-refractivity contribution in [2.24, 2.45) is 5.92 Å². The Balaban J connectivity index is 1.24. The van der Waals surface area contributed by atoms with Crippen LogP contribution in [0.3, 0.4) is 0 Å². The smallest absolute Gasteiger partial charge is 0.264 e. The summed E-state index contributed by atoms with van der Waals surface area (Å²) in [5, 5.41) is 20.5. The van der Waals surface area contributed by atoms with Crippen molar-refractivity contribution in [2.45, 2.75) is 63.2 Å². The average molecular weight is 735 g/mol. The lowest BCUT2D eigenvalue weighted by atomic mass is 9.82. The predicted molar refractivity (Wildman–Crippen MR) is 187 cm³/mol. The number of benzene rings is 3. The Morgan fingerprint density at radius 2 is 1.85 bits per heavy atom. The van der Waals surface area contributed by atoms with E-state index >= 15 is 0 Å². The van der Waals surface area contributed by atoms with E-state index in [0.717, 1.165) is 21.3 Å². The van der Waals surface area contributed by atoms with Crippen LogP contribution < -0.4 is 15.0 Å². The van der Waals surface area contributed by atoms with Gasteiger partial charge >= 0.3 is 0 Å². The van der Waals surface area contributed by atoms with Gasteiger partial charge in [0.05, 0.1) is 31.1 Å². The van der Waals surface area contributed by atoms with Crippen molar-refractivity contribution < 1.29 is 29.0 Å². The summed E-state index contributed by atoms with van der Waals surface area (Å²) in [6.07, 6.45) is 2.39. The van der Waals surface area contributed by atoms with Crippen molar-refractivity contribution in [1.82, 2.24) is 15.0 Å². The molecule has 1 aromatic heterocycles. The van der Waals surface area contributed by atoms with Crippen molar-refractivity contribution >= 4 is 47.4 Å². The Hall–Kier alpha value is -3.88. The van der Waals surface area contributed by atoms with Crippen LogP contribution in [0.15, 0.2) is 77.4 Å². The van der Waals surface area contributed by atoms with E-state index in [1.807, 2.05) is 68.7 Å². The van der Waals surface area contributed by atoms with Crippen molar-refractivity contribution in [1.29, 1.82) is 0 Å². The molecule has 4 atom stereocenters. The summed E-state index contributed by atoms with van der Waals surface area (Å²) in [7, 11) is -1.25. The fourth-order valence-corrected chi connectivity index (χ4v) is 10.2. The summed E-state index contributed by atoms with van der Waals surface area (Å²) in [4.78, 5) is 40.8. The van der Waals surface area contributed by atoms with Crippen molar-refractivity contribution in [3.63, 3.8) is 0 Å². The number of nitrogens with one attached hydrogen (secondary N) is 1. The number of aliphatic hydroxyl groups is 1. The van der Waals surface area contributed by atoms with Crippen LogP contribution in [0.4, 0.5) is 11.4 Å². The van der Waals surface area contributed by atoms with Crippen LogP contribution in [0, 0.1) is 5.92 Å². The number of halogens is 1. The van der Waals surface area contributed by atoms with Gasteiger partial charge in [0.2, 0.25) is 0 Å². The molecule has 3 aromatic carbocycles. The first kappa shape index (κ1) is 34.0. The van der Waals surface area contributed by atoms with Crippen LogP contribution in [0.1, 0.15) is 40.5 Å². The van der Waals surface area contributed by atoms with Gasteiger partial charge in [-0.25, -0.2) is 0 Å². The maximum atomic E-state index is 14.7. The summed E-state index contributed by atoms with van der Waals surface area (Å²) in [6.45, 7) is 6.64. The zero-order valence-corrected chi connectivity index (χ0v) is 30.0. The van der Waals surface area contributed by atoms with Crippen molar-refractivity contribution in [3.8, 4) is 5.75 Å². The predicted octanol–water partition coefficient (Wildman–Crippen LogP) is 5.27. The molecule has 11 nitrogen and oxygen atoms in total. The number of anilines is 2. The Kier molecular flexibility index (Phi) is 9.60. The first-order chi connectivity index (χ1) is 22.9. The minimum absolute atomic E-state index is 0.00425. The molecule has 3 heterocycles. The molecule has 2 aliphatic rings. The number of aryl methyl sites for hydroxylation is 1. The Morgan fingerprint density at radius 3 is 2.52 bits per heavy atom. The summed E-state index contributed by atoms with van der Waals surface area (Å²) in [6, 6.07) is 20.2. The highest BCUT2D eigenvalue weighted by molar-refractivity contribution is 9.10. The molecule has 4 aromatic rings. The van der Waals surface area contributed by atoms with E-state index in [0.29, 0.717) is 48.6 Å². The quantitative estimate of drug-likeness (QED) is 0.177. The number of carbonyl (C=O) groups is 2. The Morgan fingerprint density at radius 1 is 1.12 bits per heavy atom. The van der Waals surface area contributed by atoms with Gasteiger partial charge in [0.15, 0.2) is 13.9 Å². The van der Waals surface area contributed by atoms with E-state index in [1.165, 1.54) is 0 Å². The van der Waals surface area contributed by atoms with Crippen LogP contribution >= 0.6 is 15.9 Å². The molecule has 252 valence electrons.